The lowest BCUT2D eigenvalue weighted by Gasteiger charge is -2.12. The molecule has 1 atom stereocenters. The predicted octanol–water partition coefficient (Wildman–Crippen LogP) is 2.94. The highest BCUT2D eigenvalue weighted by atomic mass is 32.1. The van der Waals surface area contributed by atoms with Crippen LogP contribution < -0.4 is 5.73 Å². The SMILES string of the molecule is C=C(CS)/C(=C/CCCC)C(C)N. The zero-order valence-electron chi connectivity index (χ0n) is 8.71. The molecule has 0 aliphatic rings. The van der Waals surface area contributed by atoms with Crippen molar-refractivity contribution in [2.24, 2.45) is 5.73 Å². The summed E-state index contributed by atoms with van der Waals surface area (Å²) < 4.78 is 0. The second kappa shape index (κ2) is 7.22. The number of thiol groups is 1. The molecule has 76 valence electrons. The first-order valence-electron chi connectivity index (χ1n) is 4.88. The summed E-state index contributed by atoms with van der Waals surface area (Å²) in [6.07, 6.45) is 5.74. The van der Waals surface area contributed by atoms with E-state index in [4.69, 9.17) is 5.73 Å². The summed E-state index contributed by atoms with van der Waals surface area (Å²) in [6.45, 7) is 8.13. The van der Waals surface area contributed by atoms with Crippen molar-refractivity contribution in [3.05, 3.63) is 23.8 Å². The van der Waals surface area contributed by atoms with Crippen molar-refractivity contribution < 1.29 is 0 Å². The Bertz CT molecular complexity index is 183. The van der Waals surface area contributed by atoms with Crippen molar-refractivity contribution in [2.45, 2.75) is 39.2 Å². The van der Waals surface area contributed by atoms with Crippen LogP contribution in [-0.2, 0) is 0 Å². The van der Waals surface area contributed by atoms with Gasteiger partial charge in [0.2, 0.25) is 0 Å². The van der Waals surface area contributed by atoms with E-state index < -0.39 is 0 Å². The third-order valence-corrected chi connectivity index (χ3v) is 2.39. The number of rotatable bonds is 6. The Balaban J connectivity index is 4.23. The van der Waals surface area contributed by atoms with Crippen LogP contribution in [-0.4, -0.2) is 11.8 Å². The molecular formula is C11H21NS. The van der Waals surface area contributed by atoms with E-state index in [9.17, 15) is 0 Å². The highest BCUT2D eigenvalue weighted by Crippen LogP contribution is 2.14. The molecule has 2 N–H and O–H groups in total. The molecule has 0 aliphatic heterocycles. The van der Waals surface area contributed by atoms with Gasteiger partial charge in [-0.15, -0.1) is 0 Å². The summed E-state index contributed by atoms with van der Waals surface area (Å²) in [5.74, 6) is 0.694. The van der Waals surface area contributed by atoms with E-state index >= 15 is 0 Å². The molecule has 0 radical (unpaired) electrons. The molecule has 0 heterocycles. The minimum atomic E-state index is 0.0801. The maximum atomic E-state index is 5.83. The first-order valence-corrected chi connectivity index (χ1v) is 5.51. The molecule has 0 aromatic heterocycles. The van der Waals surface area contributed by atoms with Crippen molar-refractivity contribution >= 4 is 12.6 Å². The maximum Gasteiger partial charge on any atom is 0.0265 e. The first-order chi connectivity index (χ1) is 6.13. The summed E-state index contributed by atoms with van der Waals surface area (Å²) in [7, 11) is 0. The quantitative estimate of drug-likeness (QED) is 0.384. The lowest BCUT2D eigenvalue weighted by atomic mass is 10.0. The minimum Gasteiger partial charge on any atom is -0.324 e. The fourth-order valence-electron chi connectivity index (χ4n) is 1.21. The average Bonchev–Trinajstić information content (AvgIpc) is 2.11. The summed E-state index contributed by atoms with van der Waals surface area (Å²) in [5.41, 5.74) is 8.05. The van der Waals surface area contributed by atoms with Gasteiger partial charge >= 0.3 is 0 Å². The molecule has 2 heteroatoms. The molecule has 0 aromatic rings. The fourth-order valence-corrected chi connectivity index (χ4v) is 1.39. The molecular weight excluding hydrogens is 178 g/mol. The molecule has 0 aromatic carbocycles. The molecule has 0 bridgehead atoms. The van der Waals surface area contributed by atoms with Gasteiger partial charge in [0.25, 0.3) is 0 Å². The summed E-state index contributed by atoms with van der Waals surface area (Å²) >= 11 is 4.20. The van der Waals surface area contributed by atoms with E-state index in [1.165, 1.54) is 18.4 Å². The van der Waals surface area contributed by atoms with E-state index in [0.29, 0.717) is 5.75 Å². The molecule has 0 fully saturated rings. The van der Waals surface area contributed by atoms with Crippen molar-refractivity contribution in [2.75, 3.05) is 5.75 Å². The highest BCUT2D eigenvalue weighted by Gasteiger charge is 2.05. The van der Waals surface area contributed by atoms with E-state index in [0.717, 1.165) is 12.0 Å². The van der Waals surface area contributed by atoms with Crippen molar-refractivity contribution in [3.63, 3.8) is 0 Å². The number of allylic oxidation sites excluding steroid dienone is 1. The average molecular weight is 199 g/mol. The van der Waals surface area contributed by atoms with Gasteiger partial charge in [-0.25, -0.2) is 0 Å². The lowest BCUT2D eigenvalue weighted by Crippen LogP contribution is -2.19. The Morgan fingerprint density at radius 2 is 2.23 bits per heavy atom. The number of hydrogen-bond acceptors (Lipinski definition) is 2. The Kier molecular flexibility index (Phi) is 7.10. The van der Waals surface area contributed by atoms with Crippen LogP contribution in [0.1, 0.15) is 33.1 Å². The summed E-state index contributed by atoms with van der Waals surface area (Å²) in [5, 5.41) is 0. The van der Waals surface area contributed by atoms with Gasteiger partial charge in [-0.05, 0) is 24.5 Å². The Morgan fingerprint density at radius 3 is 2.62 bits per heavy atom. The molecule has 0 amide bonds. The molecule has 0 saturated carbocycles. The monoisotopic (exact) mass is 199 g/mol. The zero-order valence-corrected chi connectivity index (χ0v) is 9.61. The molecule has 0 spiro atoms. The fraction of sp³-hybridized carbons (Fsp3) is 0.636. The maximum absolute atomic E-state index is 5.83. The normalized spacial score (nSPS) is 14.3. The van der Waals surface area contributed by atoms with Crippen molar-refractivity contribution in [1.29, 1.82) is 0 Å². The van der Waals surface area contributed by atoms with Crippen LogP contribution in [0.5, 0.6) is 0 Å². The number of hydrogen-bond donors (Lipinski definition) is 2. The molecule has 13 heavy (non-hydrogen) atoms. The zero-order chi connectivity index (χ0) is 10.3. The van der Waals surface area contributed by atoms with Crippen molar-refractivity contribution in [3.8, 4) is 0 Å². The first kappa shape index (κ1) is 12.8. The second-order valence-electron chi connectivity index (χ2n) is 3.35. The topological polar surface area (TPSA) is 26.0 Å². The Labute approximate surface area is 87.5 Å². The van der Waals surface area contributed by atoms with E-state index in [1.54, 1.807) is 0 Å². The van der Waals surface area contributed by atoms with Gasteiger partial charge in [-0.3, -0.25) is 0 Å². The van der Waals surface area contributed by atoms with Gasteiger partial charge in [-0.2, -0.15) is 12.6 Å². The van der Waals surface area contributed by atoms with Gasteiger partial charge in [0.05, 0.1) is 0 Å². The van der Waals surface area contributed by atoms with Gasteiger partial charge in [-0.1, -0.05) is 32.4 Å². The minimum absolute atomic E-state index is 0.0801. The third-order valence-electron chi connectivity index (χ3n) is 2.01. The molecule has 1 nitrogen and oxygen atoms in total. The van der Waals surface area contributed by atoms with Gasteiger partial charge in [0.1, 0.15) is 0 Å². The second-order valence-corrected chi connectivity index (χ2v) is 3.67. The van der Waals surface area contributed by atoms with E-state index in [2.05, 4.69) is 32.2 Å². The lowest BCUT2D eigenvalue weighted by molar-refractivity contribution is 0.794. The summed E-state index contributed by atoms with van der Waals surface area (Å²) in [6, 6.07) is 0.0801. The van der Waals surface area contributed by atoms with Gasteiger partial charge in [0, 0.05) is 11.8 Å². The Hall–Kier alpha value is -0.210. The van der Waals surface area contributed by atoms with Gasteiger partial charge in [0.15, 0.2) is 0 Å². The number of unbranched alkanes of at least 4 members (excludes halogenated alkanes) is 2. The van der Waals surface area contributed by atoms with Crippen LogP contribution in [0.2, 0.25) is 0 Å². The van der Waals surface area contributed by atoms with Crippen LogP contribution in [0, 0.1) is 0 Å². The van der Waals surface area contributed by atoms with E-state index in [1.807, 2.05) is 6.92 Å². The molecule has 1 unspecified atom stereocenters. The largest absolute Gasteiger partial charge is 0.324 e. The van der Waals surface area contributed by atoms with Crippen LogP contribution in [0.15, 0.2) is 23.8 Å². The predicted molar refractivity (Wildman–Crippen MR) is 64.3 cm³/mol. The van der Waals surface area contributed by atoms with Crippen LogP contribution in [0.25, 0.3) is 0 Å². The van der Waals surface area contributed by atoms with Crippen LogP contribution in [0.3, 0.4) is 0 Å². The van der Waals surface area contributed by atoms with E-state index in [-0.39, 0.29) is 6.04 Å². The van der Waals surface area contributed by atoms with Gasteiger partial charge < -0.3 is 5.73 Å². The van der Waals surface area contributed by atoms with Crippen molar-refractivity contribution in [1.82, 2.24) is 0 Å². The smallest absolute Gasteiger partial charge is 0.0265 e. The van der Waals surface area contributed by atoms with Crippen LogP contribution in [0.4, 0.5) is 0 Å². The van der Waals surface area contributed by atoms with Crippen LogP contribution >= 0.6 is 12.6 Å². The molecule has 0 saturated heterocycles. The number of nitrogens with two attached hydrogens (primary N) is 1. The molecule has 0 rings (SSSR count). The third kappa shape index (κ3) is 5.17. The Morgan fingerprint density at radius 1 is 1.62 bits per heavy atom. The highest BCUT2D eigenvalue weighted by molar-refractivity contribution is 7.80. The summed E-state index contributed by atoms with van der Waals surface area (Å²) in [4.78, 5) is 0. The molecule has 0 aliphatic carbocycles. The standard InChI is InChI=1S/C11H21NS/c1-4-5-6-7-11(10(3)12)9(2)8-13/h7,10,13H,2,4-6,8,12H2,1,3H3/b11-7-.